The summed E-state index contributed by atoms with van der Waals surface area (Å²) in [5, 5.41) is 3.61. The van der Waals surface area contributed by atoms with Crippen molar-refractivity contribution in [1.82, 2.24) is 5.43 Å². The fourth-order valence-corrected chi connectivity index (χ4v) is 1.54. The van der Waals surface area contributed by atoms with E-state index in [9.17, 15) is 4.79 Å². The summed E-state index contributed by atoms with van der Waals surface area (Å²) in [4.78, 5) is 11.8. The third-order valence-corrected chi connectivity index (χ3v) is 2.27. The second kappa shape index (κ2) is 3.55. The molecule has 0 unspecified atom stereocenters. The number of nitrogens with two attached hydrogens (primary N) is 2. The Bertz CT molecular complexity index is 476. The number of hydrazone groups is 1. The van der Waals surface area contributed by atoms with Crippen LogP contribution in [-0.2, 0) is 0 Å². The smallest absolute Gasteiger partial charge is 0.210 e. The zero-order valence-corrected chi connectivity index (χ0v) is 7.90. The van der Waals surface area contributed by atoms with Crippen LogP contribution in [0.3, 0.4) is 0 Å². The minimum Gasteiger partial charge on any atom is -0.323 e. The van der Waals surface area contributed by atoms with E-state index >= 15 is 0 Å². The summed E-state index contributed by atoms with van der Waals surface area (Å²) in [6.07, 6.45) is 1.53. The zero-order valence-electron chi connectivity index (χ0n) is 7.90. The van der Waals surface area contributed by atoms with Crippen LogP contribution in [0.1, 0.15) is 15.9 Å². The van der Waals surface area contributed by atoms with Crippen LogP contribution < -0.4 is 17.1 Å². The number of carbonyl (C=O) groups excluding carboxylic acids is 1. The van der Waals surface area contributed by atoms with Crippen LogP contribution in [0, 0.1) is 0 Å². The number of hydrogen-bond donors (Lipinski definition) is 3. The van der Waals surface area contributed by atoms with Gasteiger partial charge < -0.3 is 11.3 Å². The number of nitrogens with one attached hydrogen (secondary N) is 1. The van der Waals surface area contributed by atoms with E-state index in [-0.39, 0.29) is 11.5 Å². The third kappa shape index (κ3) is 1.38. The van der Waals surface area contributed by atoms with Gasteiger partial charge in [0.05, 0.1) is 11.4 Å². The van der Waals surface area contributed by atoms with Crippen LogP contribution in [-0.4, -0.2) is 11.5 Å². The number of rotatable bonds is 1. The number of fused-ring (bicyclic) bond motifs is 1. The molecule has 0 saturated carbocycles. The van der Waals surface area contributed by atoms with Gasteiger partial charge in [0.15, 0.2) is 0 Å². The van der Waals surface area contributed by atoms with E-state index in [1.54, 1.807) is 18.2 Å². The Kier molecular flexibility index (Phi) is 2.23. The van der Waals surface area contributed by atoms with Crippen molar-refractivity contribution >= 4 is 11.5 Å². The lowest BCUT2D eigenvalue weighted by Gasteiger charge is -2.15. The van der Waals surface area contributed by atoms with Crippen LogP contribution in [0.15, 0.2) is 41.1 Å². The van der Waals surface area contributed by atoms with E-state index < -0.39 is 0 Å². The van der Waals surface area contributed by atoms with E-state index in [1.165, 1.54) is 6.08 Å². The van der Waals surface area contributed by atoms with Crippen LogP contribution in [0.25, 0.3) is 0 Å². The number of nitrogens with zero attached hydrogens (tertiary/aromatic N) is 1. The average molecular weight is 202 g/mol. The summed E-state index contributed by atoms with van der Waals surface area (Å²) in [7, 11) is 0. The van der Waals surface area contributed by atoms with E-state index in [0.717, 1.165) is 5.56 Å². The largest absolute Gasteiger partial charge is 0.323 e. The second-order valence-electron chi connectivity index (χ2n) is 3.09. The third-order valence-electron chi connectivity index (χ3n) is 2.27. The van der Waals surface area contributed by atoms with Crippen molar-refractivity contribution in [3.05, 3.63) is 47.2 Å². The zero-order chi connectivity index (χ0) is 10.8. The van der Waals surface area contributed by atoms with Crippen LogP contribution in [0.4, 0.5) is 0 Å². The predicted octanol–water partition coefficient (Wildman–Crippen LogP) is -0.107. The van der Waals surface area contributed by atoms with E-state index in [1.807, 2.05) is 6.07 Å². The first-order valence-corrected chi connectivity index (χ1v) is 4.38. The number of ketones is 1. The van der Waals surface area contributed by atoms with E-state index in [0.29, 0.717) is 11.3 Å². The Labute approximate surface area is 86.4 Å². The highest BCUT2D eigenvalue weighted by Gasteiger charge is 2.22. The molecule has 5 nitrogen and oxygen atoms in total. The highest BCUT2D eigenvalue weighted by molar-refractivity contribution is 6.25. The fraction of sp³-hybridized carbons (Fsp3) is 0. The Balaban J connectivity index is 2.64. The summed E-state index contributed by atoms with van der Waals surface area (Å²) >= 11 is 0. The highest BCUT2D eigenvalue weighted by Crippen LogP contribution is 2.19. The minimum atomic E-state index is -0.152. The molecule has 0 amide bonds. The molecule has 0 radical (unpaired) electrons. The molecule has 1 aromatic carbocycles. The summed E-state index contributed by atoms with van der Waals surface area (Å²) < 4.78 is 0. The second-order valence-corrected chi connectivity index (χ2v) is 3.09. The van der Waals surface area contributed by atoms with Crippen molar-refractivity contribution in [2.24, 2.45) is 16.8 Å². The molecule has 0 bridgehead atoms. The van der Waals surface area contributed by atoms with Crippen LogP contribution in [0.5, 0.6) is 0 Å². The molecule has 1 aromatic rings. The first kappa shape index (κ1) is 9.42. The van der Waals surface area contributed by atoms with Gasteiger partial charge in [0, 0.05) is 11.1 Å². The van der Waals surface area contributed by atoms with Crippen molar-refractivity contribution in [1.29, 1.82) is 0 Å². The molecule has 1 aliphatic carbocycles. The molecule has 0 heterocycles. The molecular weight excluding hydrogens is 192 g/mol. The quantitative estimate of drug-likeness (QED) is 0.437. The van der Waals surface area contributed by atoms with Crippen LogP contribution in [0.2, 0.25) is 0 Å². The molecule has 1 aliphatic rings. The van der Waals surface area contributed by atoms with Gasteiger partial charge in [-0.25, -0.2) is 0 Å². The number of Topliss-reactive ketones (excluding diaryl/α,β-unsaturated/α-hetero) is 1. The Morgan fingerprint density at radius 1 is 1.20 bits per heavy atom. The number of hydrazine groups is 1. The molecule has 5 N–H and O–H groups in total. The number of benzene rings is 1. The number of carbonyl (C=O) groups is 1. The summed E-state index contributed by atoms with van der Waals surface area (Å²) in [5.74, 6) is 10.3. The Hall–Kier alpha value is -2.14. The van der Waals surface area contributed by atoms with Gasteiger partial charge >= 0.3 is 0 Å². The minimum absolute atomic E-state index is 0.152. The maximum atomic E-state index is 11.8. The molecule has 5 heteroatoms. The van der Waals surface area contributed by atoms with Gasteiger partial charge in [-0.1, -0.05) is 24.3 Å². The lowest BCUT2D eigenvalue weighted by molar-refractivity contribution is 0.102. The van der Waals surface area contributed by atoms with Crippen molar-refractivity contribution in [2.45, 2.75) is 0 Å². The lowest BCUT2D eigenvalue weighted by atomic mass is 9.92. The fourth-order valence-electron chi connectivity index (χ4n) is 1.54. The van der Waals surface area contributed by atoms with Gasteiger partial charge in [-0.05, 0) is 6.08 Å². The summed E-state index contributed by atoms with van der Waals surface area (Å²) in [6, 6.07) is 7.12. The average Bonchev–Trinajstić information content (AvgIpc) is 2.30. The monoisotopic (exact) mass is 202 g/mol. The summed E-state index contributed by atoms with van der Waals surface area (Å²) in [6.45, 7) is 0. The molecule has 0 aliphatic heterocycles. The predicted molar refractivity (Wildman–Crippen MR) is 56.9 cm³/mol. The van der Waals surface area contributed by atoms with E-state index in [2.05, 4.69) is 10.5 Å². The number of hydrogen-bond acceptors (Lipinski definition) is 5. The standard InChI is InChI=1S/C10H10N4O/c11-13-8-5-9(14-12)10(15)7-4-2-1-3-6(7)8/h1-5,14H,11-12H2. The van der Waals surface area contributed by atoms with Crippen molar-refractivity contribution < 1.29 is 4.79 Å². The van der Waals surface area contributed by atoms with Crippen molar-refractivity contribution in [3.8, 4) is 0 Å². The van der Waals surface area contributed by atoms with Crippen LogP contribution >= 0.6 is 0 Å². The van der Waals surface area contributed by atoms with Gasteiger partial charge in [-0.15, -0.1) is 0 Å². The molecular formula is C10H10N4O. The normalized spacial score (nSPS) is 17.3. The van der Waals surface area contributed by atoms with Gasteiger partial charge in [0.2, 0.25) is 5.78 Å². The van der Waals surface area contributed by atoms with Gasteiger partial charge in [0.1, 0.15) is 0 Å². The van der Waals surface area contributed by atoms with Gasteiger partial charge in [-0.3, -0.25) is 10.6 Å². The molecule has 0 aromatic heterocycles. The first-order chi connectivity index (χ1) is 7.27. The molecule has 15 heavy (non-hydrogen) atoms. The van der Waals surface area contributed by atoms with Crippen molar-refractivity contribution in [3.63, 3.8) is 0 Å². The Morgan fingerprint density at radius 3 is 2.47 bits per heavy atom. The SMILES string of the molecule is NN=C1C=C(NN)C(=O)c2ccccc21. The summed E-state index contributed by atoms with van der Waals surface area (Å²) in [5.41, 5.74) is 4.44. The highest BCUT2D eigenvalue weighted by atomic mass is 16.1. The maximum Gasteiger partial charge on any atom is 0.210 e. The first-order valence-electron chi connectivity index (χ1n) is 4.38. The van der Waals surface area contributed by atoms with Gasteiger partial charge in [-0.2, -0.15) is 5.10 Å². The molecule has 76 valence electrons. The van der Waals surface area contributed by atoms with Crippen molar-refractivity contribution in [2.75, 3.05) is 0 Å². The Morgan fingerprint density at radius 2 is 1.87 bits per heavy atom. The van der Waals surface area contributed by atoms with Gasteiger partial charge in [0.25, 0.3) is 0 Å². The topological polar surface area (TPSA) is 93.5 Å². The molecule has 0 spiro atoms. The number of allylic oxidation sites excluding steroid dienone is 2. The van der Waals surface area contributed by atoms with E-state index in [4.69, 9.17) is 11.7 Å². The molecule has 0 fully saturated rings. The maximum absolute atomic E-state index is 11.8. The lowest BCUT2D eigenvalue weighted by Crippen LogP contribution is -2.31. The molecule has 0 saturated heterocycles. The molecule has 2 rings (SSSR count). The molecule has 0 atom stereocenters.